The minimum atomic E-state index is 1.01. The molecule has 0 saturated heterocycles. The van der Waals surface area contributed by atoms with E-state index in [9.17, 15) is 0 Å². The molecule has 2 nitrogen and oxygen atoms in total. The van der Waals surface area contributed by atoms with E-state index in [1.807, 2.05) is 0 Å². The van der Waals surface area contributed by atoms with Gasteiger partial charge in [-0.3, -0.25) is 4.40 Å². The van der Waals surface area contributed by atoms with Gasteiger partial charge in [0.05, 0.1) is 16.6 Å². The van der Waals surface area contributed by atoms with Crippen LogP contribution in [0.25, 0.3) is 82.5 Å². The van der Waals surface area contributed by atoms with Crippen molar-refractivity contribution >= 4 is 49.1 Å². The molecule has 0 aliphatic rings. The van der Waals surface area contributed by atoms with E-state index in [0.717, 1.165) is 16.7 Å². The average Bonchev–Trinajstić information content (AvgIpc) is 3.48. The lowest BCUT2D eigenvalue weighted by molar-refractivity contribution is 1.32. The van der Waals surface area contributed by atoms with E-state index in [1.54, 1.807) is 0 Å². The second-order valence-corrected chi connectivity index (χ2v) is 11.2. The van der Waals surface area contributed by atoms with Gasteiger partial charge in [0.25, 0.3) is 0 Å². The molecular formula is C41H26N2. The van der Waals surface area contributed by atoms with Crippen LogP contribution in [-0.2, 0) is 0 Å². The Bertz CT molecular complexity index is 2470. The first-order chi connectivity index (χ1) is 21.3. The monoisotopic (exact) mass is 546 g/mol. The number of benzene rings is 7. The van der Waals surface area contributed by atoms with E-state index in [1.165, 1.54) is 65.8 Å². The Morgan fingerprint density at radius 1 is 0.372 bits per heavy atom. The number of hydrogen-bond acceptors (Lipinski definition) is 1. The van der Waals surface area contributed by atoms with Crippen molar-refractivity contribution in [3.8, 4) is 33.4 Å². The maximum atomic E-state index is 5.18. The quantitative estimate of drug-likeness (QED) is 0.201. The number of nitrogens with zero attached hydrogens (tertiary/aromatic N) is 2. The van der Waals surface area contributed by atoms with Gasteiger partial charge in [-0.15, -0.1) is 0 Å². The molecule has 2 heteroatoms. The number of fused-ring (bicyclic) bond motifs is 10. The second kappa shape index (κ2) is 9.40. The lowest BCUT2D eigenvalue weighted by Crippen LogP contribution is -1.93. The fourth-order valence-electron chi connectivity index (χ4n) is 6.64. The summed E-state index contributed by atoms with van der Waals surface area (Å²) in [5.74, 6) is 0. The summed E-state index contributed by atoms with van der Waals surface area (Å²) in [6.45, 7) is 0. The molecule has 0 fully saturated rings. The molecule has 0 aliphatic carbocycles. The lowest BCUT2D eigenvalue weighted by atomic mass is 9.96. The standard InChI is InChI=1S/C41H26N2/c1-2-8-27(9-3-1)28-14-16-29(17-15-28)30-18-20-31(21-19-30)33-23-24-35-36-25-22-32-10-4-5-11-34(32)40(36)41-42-37-12-6-7-13-38(37)43(41)39(35)26-33/h1-26H. The van der Waals surface area contributed by atoms with Crippen molar-refractivity contribution in [1.29, 1.82) is 0 Å². The van der Waals surface area contributed by atoms with Crippen molar-refractivity contribution in [1.82, 2.24) is 9.38 Å². The van der Waals surface area contributed by atoms with Crippen molar-refractivity contribution < 1.29 is 0 Å². The minimum absolute atomic E-state index is 1.01. The van der Waals surface area contributed by atoms with E-state index in [4.69, 9.17) is 4.98 Å². The van der Waals surface area contributed by atoms with Crippen molar-refractivity contribution in [2.45, 2.75) is 0 Å². The lowest BCUT2D eigenvalue weighted by Gasteiger charge is -2.13. The Morgan fingerprint density at radius 2 is 0.930 bits per heavy atom. The molecule has 0 amide bonds. The topological polar surface area (TPSA) is 17.3 Å². The molecule has 0 aliphatic heterocycles. The molecule has 9 rings (SSSR count). The van der Waals surface area contributed by atoms with Gasteiger partial charge in [0, 0.05) is 10.8 Å². The van der Waals surface area contributed by atoms with Crippen LogP contribution in [0.15, 0.2) is 158 Å². The SMILES string of the molecule is c1ccc(-c2ccc(-c3ccc(-c4ccc5c6ccc7ccccc7c6c6nc7ccccc7n6c5c4)cc3)cc2)cc1. The highest BCUT2D eigenvalue weighted by Crippen LogP contribution is 2.38. The maximum Gasteiger partial charge on any atom is 0.147 e. The van der Waals surface area contributed by atoms with Crippen LogP contribution < -0.4 is 0 Å². The van der Waals surface area contributed by atoms with Gasteiger partial charge in [-0.1, -0.05) is 140 Å². The zero-order chi connectivity index (χ0) is 28.3. The van der Waals surface area contributed by atoms with Gasteiger partial charge in [-0.25, -0.2) is 4.98 Å². The van der Waals surface area contributed by atoms with Crippen LogP contribution in [0.5, 0.6) is 0 Å². The Hall–Kier alpha value is -5.73. The smallest absolute Gasteiger partial charge is 0.147 e. The van der Waals surface area contributed by atoms with Crippen molar-refractivity contribution in [2.24, 2.45) is 0 Å². The van der Waals surface area contributed by atoms with Gasteiger partial charge >= 0.3 is 0 Å². The van der Waals surface area contributed by atoms with E-state index >= 15 is 0 Å². The zero-order valence-electron chi connectivity index (χ0n) is 23.4. The molecule has 2 aromatic heterocycles. The summed E-state index contributed by atoms with van der Waals surface area (Å²) in [4.78, 5) is 5.18. The molecule has 0 unspecified atom stereocenters. The number of pyridine rings is 1. The highest BCUT2D eigenvalue weighted by Gasteiger charge is 2.16. The summed E-state index contributed by atoms with van der Waals surface area (Å²) in [6.07, 6.45) is 0. The highest BCUT2D eigenvalue weighted by atomic mass is 15.0. The van der Waals surface area contributed by atoms with Crippen LogP contribution in [0.1, 0.15) is 0 Å². The molecule has 0 radical (unpaired) electrons. The van der Waals surface area contributed by atoms with Gasteiger partial charge < -0.3 is 0 Å². The van der Waals surface area contributed by atoms with Crippen LogP contribution in [0.3, 0.4) is 0 Å². The Kier molecular flexibility index (Phi) is 5.23. The van der Waals surface area contributed by atoms with Gasteiger partial charge in [0.2, 0.25) is 0 Å². The van der Waals surface area contributed by atoms with E-state index in [0.29, 0.717) is 0 Å². The molecule has 0 N–H and O–H groups in total. The Morgan fingerprint density at radius 3 is 1.67 bits per heavy atom. The maximum absolute atomic E-state index is 5.18. The fraction of sp³-hybridized carbons (Fsp3) is 0. The summed E-state index contributed by atoms with van der Waals surface area (Å²) < 4.78 is 2.35. The van der Waals surface area contributed by atoms with E-state index in [2.05, 4.69) is 162 Å². The molecule has 0 saturated carbocycles. The molecule has 43 heavy (non-hydrogen) atoms. The van der Waals surface area contributed by atoms with Crippen molar-refractivity contribution in [2.75, 3.05) is 0 Å². The van der Waals surface area contributed by atoms with Crippen LogP contribution in [0.4, 0.5) is 0 Å². The molecule has 200 valence electrons. The van der Waals surface area contributed by atoms with Crippen LogP contribution in [0.2, 0.25) is 0 Å². The number of imidazole rings is 1. The van der Waals surface area contributed by atoms with E-state index < -0.39 is 0 Å². The molecule has 9 aromatic rings. The largest absolute Gasteiger partial charge is 0.292 e. The third-order valence-electron chi connectivity index (χ3n) is 8.79. The van der Waals surface area contributed by atoms with Gasteiger partial charge in [0.1, 0.15) is 5.65 Å². The summed E-state index contributed by atoms with van der Waals surface area (Å²) in [7, 11) is 0. The number of hydrogen-bond donors (Lipinski definition) is 0. The summed E-state index contributed by atoms with van der Waals surface area (Å²) in [6, 6.07) is 56.7. The molecule has 0 spiro atoms. The van der Waals surface area contributed by atoms with Crippen LogP contribution in [0, 0.1) is 0 Å². The first kappa shape index (κ1) is 23.9. The Labute approximate surface area is 249 Å². The second-order valence-electron chi connectivity index (χ2n) is 11.2. The van der Waals surface area contributed by atoms with Crippen LogP contribution >= 0.6 is 0 Å². The number of para-hydroxylation sites is 2. The zero-order valence-corrected chi connectivity index (χ0v) is 23.4. The predicted octanol–water partition coefficient (Wildman–Crippen LogP) is 10.9. The third-order valence-corrected chi connectivity index (χ3v) is 8.79. The molecule has 7 aromatic carbocycles. The summed E-state index contributed by atoms with van der Waals surface area (Å²) in [5, 5.41) is 6.14. The minimum Gasteiger partial charge on any atom is -0.292 e. The fourth-order valence-corrected chi connectivity index (χ4v) is 6.64. The average molecular weight is 547 g/mol. The molecule has 0 atom stereocenters. The van der Waals surface area contributed by atoms with Crippen molar-refractivity contribution in [3.63, 3.8) is 0 Å². The third kappa shape index (κ3) is 3.77. The number of aromatic nitrogens is 2. The normalized spacial score (nSPS) is 11.7. The molecular weight excluding hydrogens is 520 g/mol. The number of rotatable bonds is 3. The van der Waals surface area contributed by atoms with E-state index in [-0.39, 0.29) is 0 Å². The van der Waals surface area contributed by atoms with Crippen LogP contribution in [-0.4, -0.2) is 9.38 Å². The summed E-state index contributed by atoms with van der Waals surface area (Å²) >= 11 is 0. The van der Waals surface area contributed by atoms with Gasteiger partial charge in [0.15, 0.2) is 0 Å². The van der Waals surface area contributed by atoms with Crippen molar-refractivity contribution in [3.05, 3.63) is 158 Å². The molecule has 0 bridgehead atoms. The first-order valence-electron chi connectivity index (χ1n) is 14.7. The van der Waals surface area contributed by atoms with Gasteiger partial charge in [-0.2, -0.15) is 0 Å². The first-order valence-corrected chi connectivity index (χ1v) is 14.7. The predicted molar refractivity (Wildman–Crippen MR) is 182 cm³/mol. The molecule has 2 heterocycles. The summed E-state index contributed by atoms with van der Waals surface area (Å²) in [5.41, 5.74) is 11.6. The highest BCUT2D eigenvalue weighted by molar-refractivity contribution is 6.23. The van der Waals surface area contributed by atoms with Gasteiger partial charge in [-0.05, 0) is 67.7 Å². The Balaban J connectivity index is 1.19.